The Hall–Kier alpha value is -2.50. The minimum Gasteiger partial charge on any atom is -0.355 e. The number of aromatic nitrogens is 2. The molecule has 3 rings (SSSR count). The summed E-state index contributed by atoms with van der Waals surface area (Å²) in [6, 6.07) is 9.22. The average molecular weight is 314 g/mol. The molecule has 23 heavy (non-hydrogen) atoms. The molecule has 0 unspecified atom stereocenters. The van der Waals surface area contributed by atoms with Crippen LogP contribution in [0.2, 0.25) is 0 Å². The molecular weight excluding hydrogens is 295 g/mol. The van der Waals surface area contributed by atoms with Crippen molar-refractivity contribution in [1.82, 2.24) is 10.2 Å². The van der Waals surface area contributed by atoms with Gasteiger partial charge in [0, 0.05) is 18.8 Å². The Labute approximate surface area is 134 Å². The number of halogens is 1. The Morgan fingerprint density at radius 1 is 1.04 bits per heavy atom. The van der Waals surface area contributed by atoms with Crippen LogP contribution in [0.5, 0.6) is 0 Å². The van der Waals surface area contributed by atoms with Gasteiger partial charge in [-0.2, -0.15) is 0 Å². The largest absolute Gasteiger partial charge is 0.355 e. The van der Waals surface area contributed by atoms with E-state index in [1.54, 1.807) is 18.2 Å². The van der Waals surface area contributed by atoms with E-state index in [0.717, 1.165) is 31.7 Å². The summed E-state index contributed by atoms with van der Waals surface area (Å²) in [7, 11) is 0. The van der Waals surface area contributed by atoms with Crippen molar-refractivity contribution in [3.63, 3.8) is 0 Å². The second kappa shape index (κ2) is 7.17. The molecule has 0 bridgehead atoms. The van der Waals surface area contributed by atoms with Gasteiger partial charge in [-0.15, -0.1) is 10.2 Å². The fourth-order valence-corrected chi connectivity index (χ4v) is 2.68. The molecule has 6 heteroatoms. The first-order valence-corrected chi connectivity index (χ1v) is 7.88. The van der Waals surface area contributed by atoms with Gasteiger partial charge in [-0.05, 0) is 43.2 Å². The van der Waals surface area contributed by atoms with Gasteiger partial charge in [0.25, 0.3) is 5.91 Å². The second-order valence-electron chi connectivity index (χ2n) is 5.64. The quantitative estimate of drug-likeness (QED) is 0.945. The molecule has 1 N–H and O–H groups in total. The van der Waals surface area contributed by atoms with Crippen molar-refractivity contribution in [2.75, 3.05) is 23.3 Å². The summed E-state index contributed by atoms with van der Waals surface area (Å²) in [6.45, 7) is 1.95. The highest BCUT2D eigenvalue weighted by Gasteiger charge is 2.14. The average Bonchev–Trinajstić information content (AvgIpc) is 2.84. The fraction of sp³-hybridized carbons (Fsp3) is 0.353. The van der Waals surface area contributed by atoms with Crippen molar-refractivity contribution in [2.24, 2.45) is 0 Å². The number of carbonyl (C=O) groups is 1. The number of anilines is 2. The maximum absolute atomic E-state index is 13.1. The molecule has 1 amide bonds. The molecule has 5 nitrogen and oxygen atoms in total. The normalized spacial score (nSPS) is 15.1. The number of nitrogens with one attached hydrogen (secondary N) is 1. The van der Waals surface area contributed by atoms with Gasteiger partial charge in [-0.1, -0.05) is 18.9 Å². The van der Waals surface area contributed by atoms with Crippen LogP contribution < -0.4 is 10.2 Å². The summed E-state index contributed by atoms with van der Waals surface area (Å²) in [5, 5.41) is 10.8. The number of amides is 1. The predicted octanol–water partition coefficient (Wildman–Crippen LogP) is 3.25. The summed E-state index contributed by atoms with van der Waals surface area (Å²) in [4.78, 5) is 14.3. The summed E-state index contributed by atoms with van der Waals surface area (Å²) < 4.78 is 13.1. The Morgan fingerprint density at radius 3 is 2.48 bits per heavy atom. The lowest BCUT2D eigenvalue weighted by molar-refractivity contribution is 0.102. The Balaban J connectivity index is 1.67. The first-order valence-electron chi connectivity index (χ1n) is 7.88. The van der Waals surface area contributed by atoms with Crippen LogP contribution in [0.1, 0.15) is 36.2 Å². The molecule has 0 atom stereocenters. The standard InChI is InChI=1S/C17H19FN4O/c18-13-6-5-7-14(12-13)19-17(23)15-8-9-16(21-20-15)22-10-3-1-2-4-11-22/h5-9,12H,1-4,10-11H2,(H,19,23). The molecule has 2 heterocycles. The van der Waals surface area contributed by atoms with Crippen molar-refractivity contribution in [3.05, 3.63) is 47.9 Å². The van der Waals surface area contributed by atoms with Crippen LogP contribution >= 0.6 is 0 Å². The van der Waals surface area contributed by atoms with Crippen LogP contribution in [0.25, 0.3) is 0 Å². The van der Waals surface area contributed by atoms with Gasteiger partial charge in [0.2, 0.25) is 0 Å². The molecule has 0 aliphatic carbocycles. The highest BCUT2D eigenvalue weighted by atomic mass is 19.1. The first-order chi connectivity index (χ1) is 11.2. The van der Waals surface area contributed by atoms with Crippen molar-refractivity contribution in [1.29, 1.82) is 0 Å². The van der Waals surface area contributed by atoms with E-state index >= 15 is 0 Å². The zero-order chi connectivity index (χ0) is 16.1. The molecule has 2 aromatic rings. The highest BCUT2D eigenvalue weighted by Crippen LogP contribution is 2.17. The van der Waals surface area contributed by atoms with Gasteiger partial charge in [0.15, 0.2) is 11.5 Å². The summed E-state index contributed by atoms with van der Waals surface area (Å²) in [5.74, 6) is 0.00474. The van der Waals surface area contributed by atoms with Gasteiger partial charge >= 0.3 is 0 Å². The van der Waals surface area contributed by atoms with Crippen LogP contribution in [0, 0.1) is 5.82 Å². The Bertz CT molecular complexity index is 667. The molecule has 0 radical (unpaired) electrons. The number of benzene rings is 1. The number of nitrogens with zero attached hydrogens (tertiary/aromatic N) is 3. The van der Waals surface area contributed by atoms with Crippen molar-refractivity contribution >= 4 is 17.4 Å². The maximum Gasteiger partial charge on any atom is 0.276 e. The predicted molar refractivity (Wildman–Crippen MR) is 87.1 cm³/mol. The molecule has 1 aliphatic heterocycles. The maximum atomic E-state index is 13.1. The minimum absolute atomic E-state index is 0.216. The molecule has 1 aliphatic rings. The minimum atomic E-state index is -0.398. The smallest absolute Gasteiger partial charge is 0.276 e. The lowest BCUT2D eigenvalue weighted by atomic mass is 10.2. The molecule has 0 saturated carbocycles. The van der Waals surface area contributed by atoms with Crippen molar-refractivity contribution in [3.8, 4) is 0 Å². The highest BCUT2D eigenvalue weighted by molar-refractivity contribution is 6.02. The van der Waals surface area contributed by atoms with E-state index in [-0.39, 0.29) is 5.69 Å². The monoisotopic (exact) mass is 314 g/mol. The number of hydrogen-bond donors (Lipinski definition) is 1. The van der Waals surface area contributed by atoms with Crippen molar-refractivity contribution < 1.29 is 9.18 Å². The summed E-state index contributed by atoms with van der Waals surface area (Å²) in [6.07, 6.45) is 4.81. The van der Waals surface area contributed by atoms with E-state index < -0.39 is 11.7 Å². The van der Waals surface area contributed by atoms with Crippen molar-refractivity contribution in [2.45, 2.75) is 25.7 Å². The van der Waals surface area contributed by atoms with E-state index in [4.69, 9.17) is 0 Å². The zero-order valence-corrected chi connectivity index (χ0v) is 12.8. The topological polar surface area (TPSA) is 58.1 Å². The van der Waals surface area contributed by atoms with E-state index in [1.165, 1.54) is 25.0 Å². The lowest BCUT2D eigenvalue weighted by Gasteiger charge is -2.20. The van der Waals surface area contributed by atoms with Gasteiger partial charge in [-0.25, -0.2) is 4.39 Å². The second-order valence-corrected chi connectivity index (χ2v) is 5.64. The zero-order valence-electron chi connectivity index (χ0n) is 12.8. The number of hydrogen-bond acceptors (Lipinski definition) is 4. The Kier molecular flexibility index (Phi) is 4.80. The first kappa shape index (κ1) is 15.4. The lowest BCUT2D eigenvalue weighted by Crippen LogP contribution is -2.25. The number of carbonyl (C=O) groups excluding carboxylic acids is 1. The van der Waals surface area contributed by atoms with E-state index in [9.17, 15) is 9.18 Å². The fourth-order valence-electron chi connectivity index (χ4n) is 2.68. The van der Waals surface area contributed by atoms with Crippen LogP contribution in [0.3, 0.4) is 0 Å². The SMILES string of the molecule is O=C(Nc1cccc(F)c1)c1ccc(N2CCCCCC2)nn1. The van der Waals surface area contributed by atoms with Gasteiger partial charge in [-0.3, -0.25) is 4.79 Å². The van der Waals surface area contributed by atoms with Gasteiger partial charge in [0.1, 0.15) is 5.82 Å². The van der Waals surface area contributed by atoms with Crippen LogP contribution in [-0.2, 0) is 0 Å². The molecule has 0 spiro atoms. The molecule has 1 aromatic carbocycles. The summed E-state index contributed by atoms with van der Waals surface area (Å²) >= 11 is 0. The van der Waals surface area contributed by atoms with E-state index in [1.807, 2.05) is 6.07 Å². The van der Waals surface area contributed by atoms with Gasteiger partial charge in [0.05, 0.1) is 0 Å². The third kappa shape index (κ3) is 4.03. The molecular formula is C17H19FN4O. The van der Waals surface area contributed by atoms with E-state index in [2.05, 4.69) is 20.4 Å². The molecule has 1 saturated heterocycles. The van der Waals surface area contributed by atoms with Crippen LogP contribution in [0.15, 0.2) is 36.4 Å². The molecule has 1 aromatic heterocycles. The summed E-state index contributed by atoms with van der Waals surface area (Å²) in [5.41, 5.74) is 0.612. The van der Waals surface area contributed by atoms with Crippen LogP contribution in [-0.4, -0.2) is 29.2 Å². The third-order valence-corrected chi connectivity index (χ3v) is 3.90. The number of rotatable bonds is 3. The van der Waals surface area contributed by atoms with Gasteiger partial charge < -0.3 is 10.2 Å². The third-order valence-electron chi connectivity index (χ3n) is 3.90. The van der Waals surface area contributed by atoms with Crippen LogP contribution in [0.4, 0.5) is 15.9 Å². The molecule has 120 valence electrons. The molecule has 1 fully saturated rings. The van der Waals surface area contributed by atoms with E-state index in [0.29, 0.717) is 5.69 Å². The Morgan fingerprint density at radius 2 is 1.83 bits per heavy atom.